The third kappa shape index (κ3) is 3.23. The lowest BCUT2D eigenvalue weighted by atomic mass is 9.80. The fraction of sp³-hybridized carbons (Fsp3) is 0.733. The van der Waals surface area contributed by atoms with E-state index in [2.05, 4.69) is 32.3 Å². The number of thiophene rings is 1. The van der Waals surface area contributed by atoms with Crippen molar-refractivity contribution in [3.8, 4) is 0 Å². The molecule has 0 amide bonds. The molecule has 3 atom stereocenters. The third-order valence-corrected chi connectivity index (χ3v) is 6.35. The number of likely N-dealkylation sites (tertiary alicyclic amines) is 1. The summed E-state index contributed by atoms with van der Waals surface area (Å²) in [7, 11) is 0. The Labute approximate surface area is 127 Å². The van der Waals surface area contributed by atoms with Crippen LogP contribution in [-0.4, -0.2) is 28.7 Å². The Morgan fingerprint density at radius 2 is 2.11 bits per heavy atom. The molecule has 2 aliphatic rings. The first-order valence-electron chi connectivity index (χ1n) is 7.39. The number of aliphatic hydroxyl groups is 1. The number of hydrogen-bond donors (Lipinski definition) is 1. The van der Waals surface area contributed by atoms with E-state index in [-0.39, 0.29) is 6.10 Å². The zero-order valence-corrected chi connectivity index (χ0v) is 13.6. The number of halogens is 1. The van der Waals surface area contributed by atoms with E-state index < -0.39 is 0 Å². The first-order chi connectivity index (χ1) is 9.24. The Morgan fingerprint density at radius 1 is 1.26 bits per heavy atom. The van der Waals surface area contributed by atoms with Crippen LogP contribution in [0.5, 0.6) is 0 Å². The van der Waals surface area contributed by atoms with Crippen molar-refractivity contribution in [2.75, 3.05) is 6.54 Å². The molecule has 1 N–H and O–H groups in total. The molecular weight excluding hydrogens is 322 g/mol. The van der Waals surface area contributed by atoms with Crippen LogP contribution in [0.25, 0.3) is 0 Å². The van der Waals surface area contributed by atoms with E-state index in [0.717, 1.165) is 13.0 Å². The molecule has 1 saturated carbocycles. The van der Waals surface area contributed by atoms with Gasteiger partial charge in [0.15, 0.2) is 0 Å². The highest BCUT2D eigenvalue weighted by Crippen LogP contribution is 2.36. The molecule has 0 bridgehead atoms. The Balaban J connectivity index is 1.67. The number of aliphatic hydroxyl groups excluding tert-OH is 1. The van der Waals surface area contributed by atoms with Gasteiger partial charge in [-0.25, -0.2) is 0 Å². The lowest BCUT2D eigenvalue weighted by molar-refractivity contribution is 0.0204. The first kappa shape index (κ1) is 14.1. The molecule has 2 nitrogen and oxygen atoms in total. The van der Waals surface area contributed by atoms with E-state index in [4.69, 9.17) is 0 Å². The van der Waals surface area contributed by atoms with Crippen LogP contribution in [-0.2, 0) is 6.54 Å². The van der Waals surface area contributed by atoms with Gasteiger partial charge in [-0.05, 0) is 54.2 Å². The van der Waals surface area contributed by atoms with Crippen molar-refractivity contribution in [3.05, 3.63) is 20.8 Å². The Kier molecular flexibility index (Phi) is 4.62. The second kappa shape index (κ2) is 6.25. The molecule has 4 heteroatoms. The van der Waals surface area contributed by atoms with Crippen LogP contribution in [0.1, 0.15) is 43.4 Å². The Morgan fingerprint density at radius 3 is 2.84 bits per heavy atom. The van der Waals surface area contributed by atoms with Gasteiger partial charge in [0.25, 0.3) is 0 Å². The summed E-state index contributed by atoms with van der Waals surface area (Å²) in [6, 6.07) is 2.84. The highest BCUT2D eigenvalue weighted by molar-refractivity contribution is 9.10. The van der Waals surface area contributed by atoms with Gasteiger partial charge in [0.1, 0.15) is 0 Å². The highest BCUT2D eigenvalue weighted by Gasteiger charge is 2.36. The van der Waals surface area contributed by atoms with Crippen molar-refractivity contribution in [1.29, 1.82) is 0 Å². The lowest BCUT2D eigenvalue weighted by Crippen LogP contribution is -2.42. The number of rotatable bonds is 3. The van der Waals surface area contributed by atoms with Crippen LogP contribution in [0.4, 0.5) is 0 Å². The quantitative estimate of drug-likeness (QED) is 0.895. The summed E-state index contributed by atoms with van der Waals surface area (Å²) in [6.45, 7) is 2.26. The van der Waals surface area contributed by atoms with Crippen molar-refractivity contribution < 1.29 is 5.11 Å². The van der Waals surface area contributed by atoms with E-state index in [1.54, 1.807) is 0 Å². The monoisotopic (exact) mass is 343 g/mol. The zero-order valence-electron chi connectivity index (χ0n) is 11.2. The standard InChI is InChI=1S/C15H22BrNOS/c16-11-8-12(19-10-11)9-17-7-3-5-14(17)13-4-1-2-6-15(13)18/h8,10,13-15,18H,1-7,9H2. The van der Waals surface area contributed by atoms with Gasteiger partial charge in [-0.15, -0.1) is 11.3 Å². The van der Waals surface area contributed by atoms with E-state index in [0.29, 0.717) is 12.0 Å². The van der Waals surface area contributed by atoms with Crippen LogP contribution in [0.15, 0.2) is 15.9 Å². The molecular formula is C15H22BrNOS. The fourth-order valence-electron chi connectivity index (χ4n) is 3.76. The largest absolute Gasteiger partial charge is 0.393 e. The van der Waals surface area contributed by atoms with Gasteiger partial charge < -0.3 is 5.11 Å². The number of hydrogen-bond acceptors (Lipinski definition) is 3. The average molecular weight is 344 g/mol. The first-order valence-corrected chi connectivity index (χ1v) is 9.06. The van der Waals surface area contributed by atoms with Crippen LogP contribution in [0.3, 0.4) is 0 Å². The van der Waals surface area contributed by atoms with Crippen molar-refractivity contribution in [1.82, 2.24) is 4.90 Å². The second-order valence-electron chi connectivity index (χ2n) is 5.93. The average Bonchev–Trinajstić information content (AvgIpc) is 3.00. The van der Waals surface area contributed by atoms with Crippen LogP contribution in [0.2, 0.25) is 0 Å². The molecule has 2 heterocycles. The zero-order chi connectivity index (χ0) is 13.2. The summed E-state index contributed by atoms with van der Waals surface area (Å²) in [4.78, 5) is 4.04. The minimum absolute atomic E-state index is 0.0607. The summed E-state index contributed by atoms with van der Waals surface area (Å²) in [5.74, 6) is 0.514. The van der Waals surface area contributed by atoms with Crippen LogP contribution in [0, 0.1) is 5.92 Å². The van der Waals surface area contributed by atoms with E-state index in [9.17, 15) is 5.11 Å². The normalized spacial score (nSPS) is 32.8. The minimum atomic E-state index is -0.0607. The summed E-state index contributed by atoms with van der Waals surface area (Å²) in [5, 5.41) is 12.4. The summed E-state index contributed by atoms with van der Waals surface area (Å²) >= 11 is 5.37. The molecule has 0 radical (unpaired) electrons. The minimum Gasteiger partial charge on any atom is -0.393 e. The molecule has 0 spiro atoms. The van der Waals surface area contributed by atoms with Crippen molar-refractivity contribution in [2.24, 2.45) is 5.92 Å². The molecule has 0 aromatic carbocycles. The molecule has 1 aliphatic carbocycles. The molecule has 1 saturated heterocycles. The lowest BCUT2D eigenvalue weighted by Gasteiger charge is -2.37. The van der Waals surface area contributed by atoms with Crippen molar-refractivity contribution >= 4 is 27.3 Å². The van der Waals surface area contributed by atoms with E-state index in [1.165, 1.54) is 48.0 Å². The van der Waals surface area contributed by atoms with E-state index in [1.807, 2.05) is 11.3 Å². The van der Waals surface area contributed by atoms with Crippen LogP contribution >= 0.6 is 27.3 Å². The second-order valence-corrected chi connectivity index (χ2v) is 7.84. The summed E-state index contributed by atoms with van der Waals surface area (Å²) < 4.78 is 1.20. The topological polar surface area (TPSA) is 23.5 Å². The third-order valence-electron chi connectivity index (χ3n) is 4.67. The summed E-state index contributed by atoms with van der Waals surface area (Å²) in [5.41, 5.74) is 0. The van der Waals surface area contributed by atoms with Gasteiger partial charge in [0.05, 0.1) is 6.10 Å². The smallest absolute Gasteiger partial charge is 0.0583 e. The molecule has 1 aliphatic heterocycles. The molecule has 1 aromatic heterocycles. The summed E-state index contributed by atoms with van der Waals surface area (Å²) in [6.07, 6.45) is 7.25. The molecule has 106 valence electrons. The predicted molar refractivity (Wildman–Crippen MR) is 83.4 cm³/mol. The predicted octanol–water partition coefficient (Wildman–Crippen LogP) is 4.03. The maximum absolute atomic E-state index is 10.3. The Hall–Kier alpha value is 0.1000. The van der Waals surface area contributed by atoms with Gasteiger partial charge >= 0.3 is 0 Å². The highest BCUT2D eigenvalue weighted by atomic mass is 79.9. The van der Waals surface area contributed by atoms with Gasteiger partial charge in [-0.2, -0.15) is 0 Å². The molecule has 1 aromatic rings. The number of nitrogens with zero attached hydrogens (tertiary/aromatic N) is 1. The molecule has 3 rings (SSSR count). The maximum Gasteiger partial charge on any atom is 0.0583 e. The van der Waals surface area contributed by atoms with Gasteiger partial charge in [-0.1, -0.05) is 12.8 Å². The van der Waals surface area contributed by atoms with Crippen molar-refractivity contribution in [2.45, 2.75) is 57.2 Å². The van der Waals surface area contributed by atoms with Gasteiger partial charge in [-0.3, -0.25) is 4.90 Å². The SMILES string of the molecule is OC1CCCCC1C1CCCN1Cc1cc(Br)cs1. The van der Waals surface area contributed by atoms with Gasteiger partial charge in [0.2, 0.25) is 0 Å². The molecule has 19 heavy (non-hydrogen) atoms. The van der Waals surface area contributed by atoms with Crippen molar-refractivity contribution in [3.63, 3.8) is 0 Å². The van der Waals surface area contributed by atoms with Crippen LogP contribution < -0.4 is 0 Å². The maximum atomic E-state index is 10.3. The van der Waals surface area contributed by atoms with E-state index >= 15 is 0 Å². The molecule has 3 unspecified atom stereocenters. The fourth-order valence-corrected chi connectivity index (χ4v) is 5.23. The van der Waals surface area contributed by atoms with Gasteiger partial charge in [0, 0.05) is 33.2 Å². The Bertz CT molecular complexity index is 422. The molecule has 2 fully saturated rings.